The highest BCUT2D eigenvalue weighted by molar-refractivity contribution is 6.02. The molecule has 4 nitrogen and oxygen atoms in total. The lowest BCUT2D eigenvalue weighted by Crippen LogP contribution is -2.67. The Kier molecular flexibility index (Phi) is 5.91. The van der Waals surface area contributed by atoms with Crippen molar-refractivity contribution in [1.82, 2.24) is 4.98 Å². The molecule has 8 rings (SSSR count). The zero-order valence-corrected chi connectivity index (χ0v) is 22.5. The van der Waals surface area contributed by atoms with Gasteiger partial charge in [-0.05, 0) is 63.4 Å². The Morgan fingerprint density at radius 2 is 1.74 bits per heavy atom. The predicted molar refractivity (Wildman–Crippen MR) is 159 cm³/mol. The summed E-state index contributed by atoms with van der Waals surface area (Å²) in [6.07, 6.45) is 5.58. The molecule has 3 fully saturated rings. The van der Waals surface area contributed by atoms with Crippen LogP contribution in [0.5, 0.6) is 5.75 Å². The molecule has 4 heteroatoms. The second-order valence-electron chi connectivity index (χ2n) is 11.6. The Hall–Kier alpha value is -3.73. The average molecular weight is 516 g/mol. The second-order valence-corrected chi connectivity index (χ2v) is 11.6. The normalized spacial score (nSPS) is 25.2. The number of aliphatic hydroxyl groups excluding tert-OH is 1. The molecule has 1 aromatic heterocycles. The van der Waals surface area contributed by atoms with Gasteiger partial charge in [0.1, 0.15) is 24.4 Å². The van der Waals surface area contributed by atoms with E-state index in [0.717, 1.165) is 52.8 Å². The molecular formula is C35H35N2O2+. The Morgan fingerprint density at radius 3 is 2.46 bits per heavy atom. The smallest absolute Gasteiger partial charge is 0.131 e. The summed E-state index contributed by atoms with van der Waals surface area (Å²) in [6.45, 7) is 7.21. The van der Waals surface area contributed by atoms with E-state index in [1.807, 2.05) is 30.5 Å². The third-order valence-electron chi connectivity index (χ3n) is 9.70. The number of quaternary nitrogens is 1. The highest BCUT2D eigenvalue weighted by Gasteiger charge is 2.54. The number of benzene rings is 4. The van der Waals surface area contributed by atoms with Crippen LogP contribution in [0.3, 0.4) is 0 Å². The van der Waals surface area contributed by atoms with Crippen LogP contribution in [0.2, 0.25) is 0 Å². The minimum Gasteiger partial charge on any atom is -0.497 e. The molecule has 1 N–H and O–H groups in total. The first kappa shape index (κ1) is 24.3. The SMILES string of the molecule is C=C[C@H]1C[N+]2(Cc3c4ccccc4cc4ccccc34)CCC1C[C@@H]2[C@@H](O)c1ccnc2ccc(OC)cc12. The molecule has 3 saturated heterocycles. The quantitative estimate of drug-likeness (QED) is 0.148. The monoisotopic (exact) mass is 515 g/mol. The maximum absolute atomic E-state index is 12.2. The van der Waals surface area contributed by atoms with Crippen molar-refractivity contribution in [3.8, 4) is 5.75 Å². The van der Waals surface area contributed by atoms with Crippen molar-refractivity contribution in [1.29, 1.82) is 0 Å². The van der Waals surface area contributed by atoms with Crippen molar-refractivity contribution in [2.75, 3.05) is 20.2 Å². The van der Waals surface area contributed by atoms with Crippen LogP contribution in [-0.2, 0) is 6.54 Å². The fraction of sp³-hybridized carbons (Fsp3) is 0.286. The minimum absolute atomic E-state index is 0.0921. The molecule has 2 bridgehead atoms. The van der Waals surface area contributed by atoms with Crippen LogP contribution >= 0.6 is 0 Å². The van der Waals surface area contributed by atoms with Gasteiger partial charge in [0.05, 0.1) is 25.7 Å². The Balaban J connectivity index is 1.39. The van der Waals surface area contributed by atoms with Gasteiger partial charge < -0.3 is 14.3 Å². The van der Waals surface area contributed by atoms with E-state index in [2.05, 4.69) is 72.2 Å². The molecular weight excluding hydrogens is 480 g/mol. The highest BCUT2D eigenvalue weighted by atomic mass is 16.5. The first-order valence-corrected chi connectivity index (χ1v) is 14.1. The van der Waals surface area contributed by atoms with Crippen molar-refractivity contribution < 1.29 is 14.3 Å². The van der Waals surface area contributed by atoms with Crippen LogP contribution in [0.4, 0.5) is 0 Å². The Morgan fingerprint density at radius 1 is 1.00 bits per heavy atom. The lowest BCUT2D eigenvalue weighted by Gasteiger charge is -2.58. The number of piperidine rings is 3. The van der Waals surface area contributed by atoms with Gasteiger partial charge in [-0.3, -0.25) is 4.98 Å². The van der Waals surface area contributed by atoms with Gasteiger partial charge in [-0.1, -0.05) is 54.6 Å². The largest absolute Gasteiger partial charge is 0.497 e. The predicted octanol–water partition coefficient (Wildman–Crippen LogP) is 7.19. The highest BCUT2D eigenvalue weighted by Crippen LogP contribution is 2.49. The van der Waals surface area contributed by atoms with Crippen LogP contribution < -0.4 is 4.74 Å². The number of aromatic nitrogens is 1. The topological polar surface area (TPSA) is 42.4 Å². The van der Waals surface area contributed by atoms with Crippen molar-refractivity contribution in [3.63, 3.8) is 0 Å². The average Bonchev–Trinajstić information content (AvgIpc) is 3.00. The third kappa shape index (κ3) is 3.93. The summed E-state index contributed by atoms with van der Waals surface area (Å²) >= 11 is 0. The number of nitrogens with zero attached hydrogens (tertiary/aromatic N) is 2. The summed E-state index contributed by atoms with van der Waals surface area (Å²) in [5.74, 6) is 1.82. The van der Waals surface area contributed by atoms with Crippen LogP contribution in [0.1, 0.15) is 30.1 Å². The van der Waals surface area contributed by atoms with Gasteiger partial charge in [0.15, 0.2) is 0 Å². The summed E-state index contributed by atoms with van der Waals surface area (Å²) in [4.78, 5) is 4.59. The van der Waals surface area contributed by atoms with E-state index in [-0.39, 0.29) is 6.04 Å². The molecule has 3 aliphatic heterocycles. The van der Waals surface area contributed by atoms with Crippen molar-refractivity contribution >= 4 is 32.4 Å². The van der Waals surface area contributed by atoms with E-state index >= 15 is 0 Å². The number of aliphatic hydroxyl groups is 1. The molecule has 0 amide bonds. The molecule has 0 radical (unpaired) electrons. The van der Waals surface area contributed by atoms with Crippen LogP contribution in [-0.4, -0.2) is 40.8 Å². The summed E-state index contributed by atoms with van der Waals surface area (Å²) in [6, 6.07) is 27.9. The maximum Gasteiger partial charge on any atom is 0.131 e. The molecule has 0 spiro atoms. The van der Waals surface area contributed by atoms with Crippen LogP contribution in [0, 0.1) is 11.8 Å². The van der Waals surface area contributed by atoms with E-state index in [1.54, 1.807) is 7.11 Å². The van der Waals surface area contributed by atoms with E-state index in [0.29, 0.717) is 11.8 Å². The van der Waals surface area contributed by atoms with E-state index in [1.165, 1.54) is 33.5 Å². The van der Waals surface area contributed by atoms with Crippen LogP contribution in [0.15, 0.2) is 97.7 Å². The minimum atomic E-state index is -0.600. The molecule has 2 unspecified atom stereocenters. The van der Waals surface area contributed by atoms with E-state index < -0.39 is 6.10 Å². The van der Waals surface area contributed by atoms with Gasteiger partial charge in [0.2, 0.25) is 0 Å². The van der Waals surface area contributed by atoms with Gasteiger partial charge in [-0.25, -0.2) is 0 Å². The van der Waals surface area contributed by atoms with Crippen LogP contribution in [0.25, 0.3) is 32.4 Å². The summed E-state index contributed by atoms with van der Waals surface area (Å²) in [5.41, 5.74) is 3.23. The third-order valence-corrected chi connectivity index (χ3v) is 9.70. The fourth-order valence-electron chi connectivity index (χ4n) is 7.71. The number of methoxy groups -OCH3 is 1. The molecule has 4 heterocycles. The van der Waals surface area contributed by atoms with Crippen molar-refractivity contribution in [3.05, 3.63) is 109 Å². The van der Waals surface area contributed by atoms with Gasteiger partial charge in [0.25, 0.3) is 0 Å². The number of pyridine rings is 1. The summed E-state index contributed by atoms with van der Waals surface area (Å²) in [5, 5.41) is 18.4. The standard InChI is InChI=1S/C35H35N2O2/c1-3-23-21-37(22-32-28-10-6-4-8-25(28)18-26-9-5-7-11-29(26)32)17-15-24(23)19-34(37)35(38)30-14-16-36-33-13-12-27(39-2)20-31(30)33/h3-14,16,18,20,23-24,34-35,38H,1,15,17,19,21-22H2,2H3/q+1/t23-,24?,34+,35-,37?/m0/s1. The Bertz CT molecular complexity index is 1660. The van der Waals surface area contributed by atoms with Gasteiger partial charge in [-0.2, -0.15) is 0 Å². The summed E-state index contributed by atoms with van der Waals surface area (Å²) in [7, 11) is 1.68. The van der Waals surface area contributed by atoms with Crippen molar-refractivity contribution in [2.45, 2.75) is 31.5 Å². The van der Waals surface area contributed by atoms with E-state index in [9.17, 15) is 5.11 Å². The number of fused-ring (bicyclic) bond motifs is 6. The fourth-order valence-corrected chi connectivity index (χ4v) is 7.71. The molecule has 0 saturated carbocycles. The van der Waals surface area contributed by atoms with Gasteiger partial charge >= 0.3 is 0 Å². The molecule has 5 atom stereocenters. The number of hydrogen-bond acceptors (Lipinski definition) is 3. The molecule has 3 aliphatic rings. The zero-order chi connectivity index (χ0) is 26.6. The van der Waals surface area contributed by atoms with Gasteiger partial charge in [0, 0.05) is 35.9 Å². The second kappa shape index (κ2) is 9.48. The first-order valence-electron chi connectivity index (χ1n) is 14.1. The lowest BCUT2D eigenvalue weighted by atomic mass is 9.71. The zero-order valence-electron chi connectivity index (χ0n) is 22.5. The van der Waals surface area contributed by atoms with Gasteiger partial charge in [-0.15, -0.1) is 6.58 Å². The molecule has 39 heavy (non-hydrogen) atoms. The molecule has 196 valence electrons. The molecule has 4 aromatic carbocycles. The van der Waals surface area contributed by atoms with Crippen molar-refractivity contribution in [2.24, 2.45) is 11.8 Å². The number of hydrogen-bond donors (Lipinski definition) is 1. The number of rotatable bonds is 6. The first-order chi connectivity index (χ1) is 19.1. The Labute approximate surface area is 229 Å². The molecule has 0 aliphatic carbocycles. The summed E-state index contributed by atoms with van der Waals surface area (Å²) < 4.78 is 6.41. The lowest BCUT2D eigenvalue weighted by molar-refractivity contribution is -0.984. The molecule has 5 aromatic rings. The maximum atomic E-state index is 12.2. The van der Waals surface area contributed by atoms with E-state index in [4.69, 9.17) is 4.74 Å². The number of ether oxygens (including phenoxy) is 1.